The SMILES string of the molecule is CCOc1ccc(N=C2NC(=O)/C(=C\c3cc(I)c(OCc4ccc(Br)cc4)c(OCC)c3)S2)cc1. The second-order valence-electron chi connectivity index (χ2n) is 7.59. The van der Waals surface area contributed by atoms with Crippen molar-refractivity contribution in [3.63, 3.8) is 0 Å². The summed E-state index contributed by atoms with van der Waals surface area (Å²) in [7, 11) is 0. The second kappa shape index (κ2) is 12.6. The lowest BCUT2D eigenvalue weighted by Crippen LogP contribution is -2.19. The second-order valence-corrected chi connectivity index (χ2v) is 10.7. The number of aliphatic imine (C=N–C) groups is 1. The van der Waals surface area contributed by atoms with Crippen molar-refractivity contribution < 1.29 is 19.0 Å². The zero-order chi connectivity index (χ0) is 25.5. The molecular formula is C27H24BrIN2O4S. The maximum atomic E-state index is 12.6. The minimum atomic E-state index is -0.187. The predicted octanol–water partition coefficient (Wildman–Crippen LogP) is 7.32. The average molecular weight is 679 g/mol. The first-order chi connectivity index (χ1) is 17.4. The highest BCUT2D eigenvalue weighted by Crippen LogP contribution is 2.37. The summed E-state index contributed by atoms with van der Waals surface area (Å²) in [5, 5.41) is 3.37. The summed E-state index contributed by atoms with van der Waals surface area (Å²) in [5.74, 6) is 1.92. The molecular weight excluding hydrogens is 655 g/mol. The number of carbonyl (C=O) groups is 1. The maximum Gasteiger partial charge on any atom is 0.264 e. The molecule has 0 unspecified atom stereocenters. The molecule has 1 amide bonds. The van der Waals surface area contributed by atoms with E-state index < -0.39 is 0 Å². The van der Waals surface area contributed by atoms with Gasteiger partial charge >= 0.3 is 0 Å². The van der Waals surface area contributed by atoms with Crippen LogP contribution in [-0.2, 0) is 11.4 Å². The summed E-state index contributed by atoms with van der Waals surface area (Å²) in [5.41, 5.74) is 2.64. The quantitative estimate of drug-likeness (QED) is 0.190. The van der Waals surface area contributed by atoms with Gasteiger partial charge in [0.15, 0.2) is 16.7 Å². The van der Waals surface area contributed by atoms with Gasteiger partial charge in [0.2, 0.25) is 0 Å². The van der Waals surface area contributed by atoms with Gasteiger partial charge in [-0.05, 0) is 114 Å². The number of hydrogen-bond acceptors (Lipinski definition) is 6. The van der Waals surface area contributed by atoms with Gasteiger partial charge < -0.3 is 19.5 Å². The molecule has 1 aliphatic heterocycles. The summed E-state index contributed by atoms with van der Waals surface area (Å²) in [4.78, 5) is 17.7. The van der Waals surface area contributed by atoms with Crippen LogP contribution in [0.25, 0.3) is 6.08 Å². The number of rotatable bonds is 9. The first-order valence-corrected chi connectivity index (χ1v) is 14.0. The molecule has 0 atom stereocenters. The molecule has 4 rings (SSSR count). The van der Waals surface area contributed by atoms with Crippen LogP contribution in [0.2, 0.25) is 0 Å². The van der Waals surface area contributed by atoms with Crippen LogP contribution in [0.4, 0.5) is 5.69 Å². The van der Waals surface area contributed by atoms with Gasteiger partial charge in [0.05, 0.1) is 27.4 Å². The lowest BCUT2D eigenvalue weighted by Gasteiger charge is -2.15. The lowest BCUT2D eigenvalue weighted by molar-refractivity contribution is -0.115. The normalized spacial score (nSPS) is 15.3. The topological polar surface area (TPSA) is 69.2 Å². The molecule has 1 fully saturated rings. The highest BCUT2D eigenvalue weighted by atomic mass is 127. The summed E-state index contributed by atoms with van der Waals surface area (Å²) < 4.78 is 19.4. The van der Waals surface area contributed by atoms with Gasteiger partial charge in [-0.3, -0.25) is 4.79 Å². The lowest BCUT2D eigenvalue weighted by atomic mass is 10.2. The Labute approximate surface area is 236 Å². The molecule has 1 heterocycles. The van der Waals surface area contributed by atoms with Crippen LogP contribution < -0.4 is 19.5 Å². The molecule has 3 aromatic carbocycles. The smallest absolute Gasteiger partial charge is 0.264 e. The number of carbonyl (C=O) groups excluding carboxylic acids is 1. The van der Waals surface area contributed by atoms with Crippen LogP contribution >= 0.6 is 50.3 Å². The first-order valence-electron chi connectivity index (χ1n) is 11.3. The van der Waals surface area contributed by atoms with Crippen LogP contribution in [0, 0.1) is 3.57 Å². The third-order valence-corrected chi connectivity index (χ3v) is 7.19. The molecule has 6 nitrogen and oxygen atoms in total. The number of ether oxygens (including phenoxy) is 3. The van der Waals surface area contributed by atoms with Crippen molar-refractivity contribution in [2.24, 2.45) is 4.99 Å². The Morgan fingerprint density at radius 2 is 1.72 bits per heavy atom. The Kier molecular flexibility index (Phi) is 9.33. The van der Waals surface area contributed by atoms with Crippen LogP contribution in [0.5, 0.6) is 17.2 Å². The van der Waals surface area contributed by atoms with Gasteiger partial charge in [-0.2, -0.15) is 0 Å². The number of thioether (sulfide) groups is 1. The monoisotopic (exact) mass is 678 g/mol. The molecule has 0 aliphatic carbocycles. The summed E-state index contributed by atoms with van der Waals surface area (Å²) >= 11 is 6.99. The van der Waals surface area contributed by atoms with Gasteiger partial charge in [-0.15, -0.1) is 0 Å². The zero-order valence-electron chi connectivity index (χ0n) is 19.7. The molecule has 0 aromatic heterocycles. The van der Waals surface area contributed by atoms with Crippen LogP contribution in [0.1, 0.15) is 25.0 Å². The van der Waals surface area contributed by atoms with Gasteiger partial charge in [0.25, 0.3) is 5.91 Å². The van der Waals surface area contributed by atoms with Gasteiger partial charge in [0.1, 0.15) is 12.4 Å². The van der Waals surface area contributed by atoms with E-state index in [1.807, 2.05) is 80.6 Å². The van der Waals surface area contributed by atoms with Gasteiger partial charge in [-0.1, -0.05) is 28.1 Å². The highest BCUT2D eigenvalue weighted by molar-refractivity contribution is 14.1. The van der Waals surface area contributed by atoms with Crippen molar-refractivity contribution in [2.75, 3.05) is 13.2 Å². The van der Waals surface area contributed by atoms with Crippen molar-refractivity contribution in [3.05, 3.63) is 84.7 Å². The number of benzene rings is 3. The number of halogens is 2. The van der Waals surface area contributed by atoms with E-state index in [2.05, 4.69) is 48.8 Å². The van der Waals surface area contributed by atoms with Crippen molar-refractivity contribution >= 4 is 73.1 Å². The van der Waals surface area contributed by atoms with Crippen LogP contribution in [-0.4, -0.2) is 24.3 Å². The molecule has 186 valence electrons. The van der Waals surface area contributed by atoms with Crippen molar-refractivity contribution in [1.29, 1.82) is 0 Å². The van der Waals surface area contributed by atoms with Crippen molar-refractivity contribution in [3.8, 4) is 17.2 Å². The maximum absolute atomic E-state index is 12.6. The third kappa shape index (κ3) is 7.04. The van der Waals surface area contributed by atoms with Gasteiger partial charge in [-0.25, -0.2) is 4.99 Å². The standard InChI is InChI=1S/C27H24BrIN2O4S/c1-3-33-21-11-9-20(10-12-21)30-27-31-26(32)24(36-27)15-18-13-22(29)25(23(14-18)34-4-2)35-16-17-5-7-19(28)8-6-17/h5-15H,3-4,16H2,1-2H3,(H,30,31,32)/b24-15+. The minimum Gasteiger partial charge on any atom is -0.494 e. The molecule has 1 saturated heterocycles. The number of amides is 1. The number of amidine groups is 1. The predicted molar refractivity (Wildman–Crippen MR) is 157 cm³/mol. The molecule has 9 heteroatoms. The van der Waals surface area contributed by atoms with Gasteiger partial charge in [0, 0.05) is 4.47 Å². The third-order valence-electron chi connectivity index (χ3n) is 4.96. The Morgan fingerprint density at radius 1 is 1.00 bits per heavy atom. The molecule has 0 spiro atoms. The van der Waals surface area contributed by atoms with Crippen LogP contribution in [0.15, 0.2) is 75.0 Å². The van der Waals surface area contributed by atoms with E-state index in [4.69, 9.17) is 14.2 Å². The molecule has 3 aromatic rings. The minimum absolute atomic E-state index is 0.187. The van der Waals surface area contributed by atoms with E-state index in [1.165, 1.54) is 11.8 Å². The van der Waals surface area contributed by atoms with E-state index >= 15 is 0 Å². The van der Waals surface area contributed by atoms with E-state index in [0.29, 0.717) is 41.4 Å². The van der Waals surface area contributed by atoms with E-state index in [-0.39, 0.29) is 5.91 Å². The Balaban J connectivity index is 1.51. The fourth-order valence-electron chi connectivity index (χ4n) is 3.34. The Bertz CT molecular complexity index is 1290. The first kappa shape index (κ1) is 26.6. The molecule has 1 N–H and O–H groups in total. The van der Waals surface area contributed by atoms with Crippen molar-refractivity contribution in [1.82, 2.24) is 5.32 Å². The van der Waals surface area contributed by atoms with E-state index in [1.54, 1.807) is 0 Å². The highest BCUT2D eigenvalue weighted by Gasteiger charge is 2.24. The fraction of sp³-hybridized carbons (Fsp3) is 0.185. The molecule has 1 aliphatic rings. The number of nitrogens with zero attached hydrogens (tertiary/aromatic N) is 1. The summed E-state index contributed by atoms with van der Waals surface area (Å²) in [6.07, 6.45) is 1.84. The molecule has 0 radical (unpaired) electrons. The number of nitrogens with one attached hydrogen (secondary N) is 1. The van der Waals surface area contributed by atoms with E-state index in [0.717, 1.165) is 30.6 Å². The molecule has 0 saturated carbocycles. The summed E-state index contributed by atoms with van der Waals surface area (Å²) in [6.45, 7) is 5.40. The molecule has 0 bridgehead atoms. The Hall–Kier alpha value is -2.50. The zero-order valence-corrected chi connectivity index (χ0v) is 24.3. The van der Waals surface area contributed by atoms with E-state index in [9.17, 15) is 4.79 Å². The fourth-order valence-corrected chi connectivity index (χ4v) is 5.23. The molecule has 36 heavy (non-hydrogen) atoms. The van der Waals surface area contributed by atoms with Crippen molar-refractivity contribution in [2.45, 2.75) is 20.5 Å². The number of hydrogen-bond donors (Lipinski definition) is 1. The Morgan fingerprint density at radius 3 is 2.42 bits per heavy atom. The largest absolute Gasteiger partial charge is 0.494 e. The average Bonchev–Trinajstić information content (AvgIpc) is 3.19. The summed E-state index contributed by atoms with van der Waals surface area (Å²) in [6, 6.07) is 19.3. The van der Waals surface area contributed by atoms with Crippen LogP contribution in [0.3, 0.4) is 0 Å².